The van der Waals surface area contributed by atoms with Crippen molar-refractivity contribution in [2.45, 2.75) is 52.3 Å². The number of hydrogen-bond donors (Lipinski definition) is 1. The Labute approximate surface area is 136 Å². The largest absolute Gasteiger partial charge is 0.417 e. The molecule has 0 unspecified atom stereocenters. The number of aliphatic hydroxyl groups is 1. The fourth-order valence-corrected chi connectivity index (χ4v) is 2.82. The lowest BCUT2D eigenvalue weighted by Gasteiger charge is -2.39. The molecule has 0 aliphatic carbocycles. The normalized spacial score (nSPS) is 19.4. The Morgan fingerprint density at radius 2 is 1.57 bits per heavy atom. The molecule has 1 rings (SSSR count). The van der Waals surface area contributed by atoms with Crippen molar-refractivity contribution >= 4 is 5.91 Å². The highest BCUT2D eigenvalue weighted by Gasteiger charge is 2.54. The van der Waals surface area contributed by atoms with Crippen molar-refractivity contribution in [3.05, 3.63) is 0 Å². The van der Waals surface area contributed by atoms with Gasteiger partial charge < -0.3 is 10.0 Å². The highest BCUT2D eigenvalue weighted by atomic mass is 19.4. The van der Waals surface area contributed by atoms with Crippen LogP contribution in [0.25, 0.3) is 0 Å². The van der Waals surface area contributed by atoms with Gasteiger partial charge in [0, 0.05) is 26.2 Å². The quantitative estimate of drug-likeness (QED) is 0.809. The molecule has 0 spiro atoms. The van der Waals surface area contributed by atoms with Crippen LogP contribution < -0.4 is 0 Å². The average Bonchev–Trinajstić information content (AvgIpc) is 2.38. The number of nitrogens with zero attached hydrogens (tertiary/aromatic N) is 2. The molecule has 1 aliphatic rings. The van der Waals surface area contributed by atoms with Crippen molar-refractivity contribution in [3.8, 4) is 0 Å². The van der Waals surface area contributed by atoms with Crippen molar-refractivity contribution in [2.24, 2.45) is 11.8 Å². The van der Waals surface area contributed by atoms with Gasteiger partial charge in [-0.05, 0) is 24.7 Å². The number of carbonyl (C=O) groups is 1. The first-order chi connectivity index (χ1) is 10.4. The Hall–Kier alpha value is -0.820. The average molecular weight is 338 g/mol. The summed E-state index contributed by atoms with van der Waals surface area (Å²) in [5, 5.41) is 9.66. The highest BCUT2D eigenvalue weighted by Crippen LogP contribution is 2.38. The number of alkyl halides is 3. The van der Waals surface area contributed by atoms with E-state index in [1.165, 1.54) is 0 Å². The lowest BCUT2D eigenvalue weighted by atomic mass is 9.91. The maximum absolute atomic E-state index is 12.8. The summed E-state index contributed by atoms with van der Waals surface area (Å²) in [5.41, 5.74) is -2.61. The van der Waals surface area contributed by atoms with Gasteiger partial charge in [0.25, 0.3) is 0 Å². The van der Waals surface area contributed by atoms with E-state index in [-0.39, 0.29) is 38.4 Å². The molecule has 7 heteroatoms. The summed E-state index contributed by atoms with van der Waals surface area (Å²) in [6.07, 6.45) is -5.36. The SMILES string of the molecule is CC(C)CN(CC(C)C)C(=O)CN1CCC(O)(C(F)(F)F)CC1. The number of piperidine rings is 1. The number of hydrogen-bond acceptors (Lipinski definition) is 3. The Morgan fingerprint density at radius 3 is 1.91 bits per heavy atom. The molecule has 1 amide bonds. The molecular formula is C16H29F3N2O2. The summed E-state index contributed by atoms with van der Waals surface area (Å²) >= 11 is 0. The van der Waals surface area contributed by atoms with E-state index in [1.807, 2.05) is 27.7 Å². The first-order valence-corrected chi connectivity index (χ1v) is 8.24. The predicted molar refractivity (Wildman–Crippen MR) is 82.9 cm³/mol. The second-order valence-electron chi connectivity index (χ2n) is 7.39. The number of rotatable bonds is 6. The van der Waals surface area contributed by atoms with Gasteiger partial charge >= 0.3 is 6.18 Å². The van der Waals surface area contributed by atoms with Crippen LogP contribution in [0.4, 0.5) is 13.2 Å². The first-order valence-electron chi connectivity index (χ1n) is 8.24. The fraction of sp³-hybridized carbons (Fsp3) is 0.938. The molecule has 0 radical (unpaired) electrons. The van der Waals surface area contributed by atoms with Crippen LogP contribution in [0.1, 0.15) is 40.5 Å². The van der Waals surface area contributed by atoms with E-state index in [0.29, 0.717) is 24.9 Å². The van der Waals surface area contributed by atoms with E-state index in [0.717, 1.165) is 0 Å². The molecule has 4 nitrogen and oxygen atoms in total. The van der Waals surface area contributed by atoms with Crippen LogP contribution in [0.2, 0.25) is 0 Å². The fourth-order valence-electron chi connectivity index (χ4n) is 2.82. The van der Waals surface area contributed by atoms with Crippen molar-refractivity contribution < 1.29 is 23.1 Å². The first kappa shape index (κ1) is 20.2. The third-order valence-electron chi connectivity index (χ3n) is 4.09. The molecular weight excluding hydrogens is 309 g/mol. The topological polar surface area (TPSA) is 43.8 Å². The molecule has 1 saturated heterocycles. The third kappa shape index (κ3) is 5.95. The van der Waals surface area contributed by atoms with Crippen LogP contribution in [0.15, 0.2) is 0 Å². The van der Waals surface area contributed by atoms with Gasteiger partial charge in [0.05, 0.1) is 6.54 Å². The Kier molecular flexibility index (Phi) is 6.89. The van der Waals surface area contributed by atoms with Gasteiger partial charge in [-0.3, -0.25) is 9.69 Å². The summed E-state index contributed by atoms with van der Waals surface area (Å²) in [5.74, 6) is 0.633. The monoisotopic (exact) mass is 338 g/mol. The summed E-state index contributed by atoms with van der Waals surface area (Å²) in [6, 6.07) is 0. The van der Waals surface area contributed by atoms with E-state index in [9.17, 15) is 23.1 Å². The van der Waals surface area contributed by atoms with Crippen LogP contribution in [-0.4, -0.2) is 65.3 Å². The van der Waals surface area contributed by atoms with Crippen molar-refractivity contribution in [1.82, 2.24) is 9.80 Å². The van der Waals surface area contributed by atoms with E-state index in [1.54, 1.807) is 9.80 Å². The molecule has 1 aliphatic heterocycles. The molecule has 1 heterocycles. The van der Waals surface area contributed by atoms with E-state index in [2.05, 4.69) is 0 Å². The van der Waals surface area contributed by atoms with Crippen molar-refractivity contribution in [2.75, 3.05) is 32.7 Å². The molecule has 0 bridgehead atoms. The highest BCUT2D eigenvalue weighted by molar-refractivity contribution is 5.78. The smallest absolute Gasteiger partial charge is 0.380 e. The van der Waals surface area contributed by atoms with Gasteiger partial charge in [-0.2, -0.15) is 13.2 Å². The number of amides is 1. The molecule has 1 N–H and O–H groups in total. The van der Waals surface area contributed by atoms with Crippen LogP contribution in [-0.2, 0) is 4.79 Å². The second-order valence-corrected chi connectivity index (χ2v) is 7.39. The Morgan fingerprint density at radius 1 is 1.13 bits per heavy atom. The van der Waals surface area contributed by atoms with Crippen LogP contribution in [0.3, 0.4) is 0 Å². The van der Waals surface area contributed by atoms with E-state index < -0.39 is 11.8 Å². The van der Waals surface area contributed by atoms with Crippen molar-refractivity contribution in [3.63, 3.8) is 0 Å². The molecule has 1 fully saturated rings. The summed E-state index contributed by atoms with van der Waals surface area (Å²) in [7, 11) is 0. The van der Waals surface area contributed by atoms with Gasteiger partial charge in [-0.15, -0.1) is 0 Å². The summed E-state index contributed by atoms with van der Waals surface area (Å²) in [6.45, 7) is 9.71. The number of halogens is 3. The third-order valence-corrected chi connectivity index (χ3v) is 4.09. The maximum atomic E-state index is 12.8. The summed E-state index contributed by atoms with van der Waals surface area (Å²) in [4.78, 5) is 15.9. The molecule has 136 valence electrons. The van der Waals surface area contributed by atoms with E-state index >= 15 is 0 Å². The molecule has 0 aromatic carbocycles. The zero-order valence-corrected chi connectivity index (χ0v) is 14.5. The maximum Gasteiger partial charge on any atom is 0.417 e. The zero-order chi connectivity index (χ0) is 17.8. The van der Waals surface area contributed by atoms with Gasteiger partial charge in [0.15, 0.2) is 5.60 Å². The minimum atomic E-state index is -4.61. The van der Waals surface area contributed by atoms with Crippen LogP contribution in [0.5, 0.6) is 0 Å². The molecule has 23 heavy (non-hydrogen) atoms. The van der Waals surface area contributed by atoms with Crippen LogP contribution in [0, 0.1) is 11.8 Å². The van der Waals surface area contributed by atoms with Gasteiger partial charge in [0.1, 0.15) is 0 Å². The Bertz CT molecular complexity index is 379. The molecule has 0 atom stereocenters. The molecule has 0 aromatic rings. The summed E-state index contributed by atoms with van der Waals surface area (Å²) < 4.78 is 38.4. The number of likely N-dealkylation sites (tertiary alicyclic amines) is 1. The predicted octanol–water partition coefficient (Wildman–Crippen LogP) is 2.52. The number of carbonyl (C=O) groups excluding carboxylic acids is 1. The lowest BCUT2D eigenvalue weighted by molar-refractivity contribution is -0.272. The van der Waals surface area contributed by atoms with Crippen LogP contribution >= 0.6 is 0 Å². The van der Waals surface area contributed by atoms with Gasteiger partial charge in [0.2, 0.25) is 5.91 Å². The zero-order valence-electron chi connectivity index (χ0n) is 14.5. The molecule has 0 aromatic heterocycles. The minimum Gasteiger partial charge on any atom is -0.380 e. The second kappa shape index (κ2) is 7.83. The standard InChI is InChI=1S/C16H29F3N2O2/c1-12(2)9-21(10-13(3)4)14(22)11-20-7-5-15(23,6-8-20)16(17,18)19/h12-13,23H,5-11H2,1-4H3. The van der Waals surface area contributed by atoms with E-state index in [4.69, 9.17) is 0 Å². The minimum absolute atomic E-state index is 0.0511. The molecule has 0 saturated carbocycles. The van der Waals surface area contributed by atoms with Gasteiger partial charge in [-0.25, -0.2) is 0 Å². The lowest BCUT2D eigenvalue weighted by Crippen LogP contribution is -2.55. The van der Waals surface area contributed by atoms with Gasteiger partial charge in [-0.1, -0.05) is 27.7 Å². The van der Waals surface area contributed by atoms with Crippen molar-refractivity contribution in [1.29, 1.82) is 0 Å². The Balaban J connectivity index is 2.57.